The van der Waals surface area contributed by atoms with Gasteiger partial charge in [-0.15, -0.1) is 12.4 Å². The van der Waals surface area contributed by atoms with Crippen molar-refractivity contribution in [3.8, 4) is 0 Å². The predicted molar refractivity (Wildman–Crippen MR) is 113 cm³/mol. The number of nitrogens with zero attached hydrogens (tertiary/aromatic N) is 1. The maximum atomic E-state index is 6.22. The first kappa shape index (κ1) is 19.0. The van der Waals surface area contributed by atoms with Crippen LogP contribution in [-0.2, 0) is 4.74 Å². The van der Waals surface area contributed by atoms with Crippen molar-refractivity contribution in [3.63, 3.8) is 0 Å². The fourth-order valence-corrected chi connectivity index (χ4v) is 5.53. The minimum atomic E-state index is 0. The van der Waals surface area contributed by atoms with Gasteiger partial charge in [0.1, 0.15) is 0 Å². The fraction of sp³-hybridized carbons (Fsp3) is 0.500. The first-order valence-electron chi connectivity index (χ1n) is 10.4. The lowest BCUT2D eigenvalue weighted by Gasteiger charge is -2.45. The number of benzene rings is 2. The lowest BCUT2D eigenvalue weighted by atomic mass is 9.59. The summed E-state index contributed by atoms with van der Waals surface area (Å²) in [5.74, 6) is 1.69. The summed E-state index contributed by atoms with van der Waals surface area (Å²) in [6, 6.07) is 18.2. The van der Waals surface area contributed by atoms with Crippen LogP contribution >= 0.6 is 12.4 Å². The Labute approximate surface area is 169 Å². The summed E-state index contributed by atoms with van der Waals surface area (Å²) in [5.41, 5.74) is 6.21. The molecule has 3 aliphatic carbocycles. The molecule has 0 amide bonds. The third-order valence-corrected chi connectivity index (χ3v) is 6.76. The van der Waals surface area contributed by atoms with Crippen molar-refractivity contribution in [2.75, 3.05) is 32.8 Å². The number of rotatable bonds is 5. The average Bonchev–Trinajstić information content (AvgIpc) is 2.72. The molecule has 27 heavy (non-hydrogen) atoms. The Morgan fingerprint density at radius 3 is 2.04 bits per heavy atom. The minimum Gasteiger partial charge on any atom is -0.380 e. The second-order valence-electron chi connectivity index (χ2n) is 8.26. The number of hydrogen-bond donors (Lipinski definition) is 0. The number of hydrogen-bond acceptors (Lipinski definition) is 2. The van der Waals surface area contributed by atoms with Gasteiger partial charge in [-0.3, -0.25) is 0 Å². The van der Waals surface area contributed by atoms with Gasteiger partial charge in [-0.2, -0.15) is 0 Å². The molecule has 4 aliphatic rings. The van der Waals surface area contributed by atoms with E-state index in [1.165, 1.54) is 38.8 Å². The van der Waals surface area contributed by atoms with Gasteiger partial charge < -0.3 is 9.64 Å². The normalized spacial score (nSPS) is 26.1. The van der Waals surface area contributed by atoms with E-state index in [9.17, 15) is 0 Å². The van der Waals surface area contributed by atoms with Crippen LogP contribution < -0.4 is 0 Å². The molecule has 0 aromatic heterocycles. The number of likely N-dealkylation sites (tertiary alicyclic amines) is 1. The van der Waals surface area contributed by atoms with Crippen molar-refractivity contribution >= 4 is 12.4 Å². The fourth-order valence-electron chi connectivity index (χ4n) is 5.53. The lowest BCUT2D eigenvalue weighted by Crippen LogP contribution is -2.36. The molecule has 0 radical (unpaired) electrons. The molecule has 0 saturated carbocycles. The van der Waals surface area contributed by atoms with Gasteiger partial charge >= 0.3 is 0 Å². The predicted octanol–water partition coefficient (Wildman–Crippen LogP) is 5.21. The third kappa shape index (κ3) is 3.55. The van der Waals surface area contributed by atoms with Crippen LogP contribution in [0.2, 0.25) is 0 Å². The van der Waals surface area contributed by atoms with Crippen molar-refractivity contribution in [3.05, 3.63) is 70.8 Å². The van der Waals surface area contributed by atoms with Crippen LogP contribution in [0.3, 0.4) is 0 Å². The summed E-state index contributed by atoms with van der Waals surface area (Å²) in [6.07, 6.45) is 5.36. The van der Waals surface area contributed by atoms with E-state index in [1.807, 2.05) is 0 Å². The Hall–Kier alpha value is -1.35. The molecule has 1 unspecified atom stereocenters. The molecule has 1 atom stereocenters. The van der Waals surface area contributed by atoms with Crippen LogP contribution in [0.15, 0.2) is 48.5 Å². The van der Waals surface area contributed by atoms with E-state index in [0.717, 1.165) is 19.8 Å². The van der Waals surface area contributed by atoms with E-state index in [0.29, 0.717) is 17.8 Å². The number of halogens is 1. The SMILES string of the molecule is Cl.c1ccc2c(c1)C1CC(COCCN3CCCCC3)C2c2ccccc21. The molecule has 1 aliphatic heterocycles. The molecule has 0 spiro atoms. The highest BCUT2D eigenvalue weighted by atomic mass is 35.5. The van der Waals surface area contributed by atoms with Crippen LogP contribution in [0.5, 0.6) is 0 Å². The van der Waals surface area contributed by atoms with Crippen LogP contribution in [0.4, 0.5) is 0 Å². The molecule has 2 aromatic rings. The van der Waals surface area contributed by atoms with E-state index in [-0.39, 0.29) is 12.4 Å². The van der Waals surface area contributed by atoms with Crippen LogP contribution in [0.25, 0.3) is 0 Å². The first-order valence-corrected chi connectivity index (χ1v) is 10.4. The highest BCUT2D eigenvalue weighted by Gasteiger charge is 2.42. The average molecular weight is 384 g/mol. The maximum Gasteiger partial charge on any atom is 0.0593 e. The standard InChI is InChI=1S/C24H29NO.ClH/c1-6-12-25(13-7-1)14-15-26-17-18-16-23-19-8-2-4-10-21(19)24(18)22-11-5-3-9-20(22)23;/h2-5,8-11,18,23-24H,1,6-7,12-17H2;1H. The molecule has 2 nitrogen and oxygen atoms in total. The van der Waals surface area contributed by atoms with Gasteiger partial charge in [0.15, 0.2) is 0 Å². The van der Waals surface area contributed by atoms with Gasteiger partial charge in [-0.1, -0.05) is 55.0 Å². The number of ether oxygens (including phenoxy) is 1. The zero-order chi connectivity index (χ0) is 17.3. The lowest BCUT2D eigenvalue weighted by molar-refractivity contribution is 0.0609. The van der Waals surface area contributed by atoms with Gasteiger partial charge in [-0.25, -0.2) is 0 Å². The Morgan fingerprint density at radius 2 is 1.41 bits per heavy atom. The van der Waals surface area contributed by atoms with Gasteiger partial charge in [0.25, 0.3) is 0 Å². The van der Waals surface area contributed by atoms with Crippen molar-refractivity contribution in [2.24, 2.45) is 5.92 Å². The molecule has 1 heterocycles. The Morgan fingerprint density at radius 1 is 0.815 bits per heavy atom. The quantitative estimate of drug-likeness (QED) is 0.657. The molecule has 1 fully saturated rings. The highest BCUT2D eigenvalue weighted by molar-refractivity contribution is 5.85. The van der Waals surface area contributed by atoms with Crippen molar-refractivity contribution in [1.82, 2.24) is 4.90 Å². The zero-order valence-corrected chi connectivity index (χ0v) is 16.8. The van der Waals surface area contributed by atoms with Crippen LogP contribution in [0.1, 0.15) is 59.8 Å². The molecule has 6 rings (SSSR count). The van der Waals surface area contributed by atoms with Crippen LogP contribution in [-0.4, -0.2) is 37.7 Å². The van der Waals surface area contributed by atoms with E-state index in [2.05, 4.69) is 53.4 Å². The van der Waals surface area contributed by atoms with Crippen molar-refractivity contribution in [1.29, 1.82) is 0 Å². The van der Waals surface area contributed by atoms with Gasteiger partial charge in [0.2, 0.25) is 0 Å². The second kappa shape index (κ2) is 8.34. The first-order chi connectivity index (χ1) is 12.9. The van der Waals surface area contributed by atoms with Gasteiger partial charge in [0, 0.05) is 18.4 Å². The minimum absolute atomic E-state index is 0. The summed E-state index contributed by atoms with van der Waals surface area (Å²) >= 11 is 0. The molecular formula is C24H30ClNO. The van der Waals surface area contributed by atoms with E-state index in [1.54, 1.807) is 22.3 Å². The molecule has 3 heteroatoms. The number of fused-ring (bicyclic) bond motifs is 1. The van der Waals surface area contributed by atoms with E-state index >= 15 is 0 Å². The zero-order valence-electron chi connectivity index (χ0n) is 16.0. The summed E-state index contributed by atoms with van der Waals surface area (Å²) < 4.78 is 6.22. The highest BCUT2D eigenvalue weighted by Crippen LogP contribution is 2.55. The monoisotopic (exact) mass is 383 g/mol. The summed E-state index contributed by atoms with van der Waals surface area (Å²) in [4.78, 5) is 2.57. The molecular weight excluding hydrogens is 354 g/mol. The summed E-state index contributed by atoms with van der Waals surface area (Å²) in [5, 5.41) is 0. The molecule has 2 bridgehead atoms. The second-order valence-corrected chi connectivity index (χ2v) is 8.26. The Kier molecular flexibility index (Phi) is 5.87. The summed E-state index contributed by atoms with van der Waals surface area (Å²) in [7, 11) is 0. The van der Waals surface area contributed by atoms with Crippen molar-refractivity contribution in [2.45, 2.75) is 37.5 Å². The molecule has 144 valence electrons. The van der Waals surface area contributed by atoms with Gasteiger partial charge in [0.05, 0.1) is 13.2 Å². The molecule has 2 aromatic carbocycles. The Bertz CT molecular complexity index is 723. The smallest absolute Gasteiger partial charge is 0.0593 e. The van der Waals surface area contributed by atoms with Gasteiger partial charge in [-0.05, 0) is 60.5 Å². The number of piperidine rings is 1. The van der Waals surface area contributed by atoms with Crippen molar-refractivity contribution < 1.29 is 4.74 Å². The molecule has 0 N–H and O–H groups in total. The van der Waals surface area contributed by atoms with Crippen LogP contribution in [0, 0.1) is 5.92 Å². The Balaban J connectivity index is 0.00000180. The van der Waals surface area contributed by atoms with E-state index < -0.39 is 0 Å². The molecule has 1 saturated heterocycles. The topological polar surface area (TPSA) is 12.5 Å². The van der Waals surface area contributed by atoms with E-state index in [4.69, 9.17) is 4.74 Å². The largest absolute Gasteiger partial charge is 0.380 e. The maximum absolute atomic E-state index is 6.22. The summed E-state index contributed by atoms with van der Waals surface area (Å²) in [6.45, 7) is 5.42. The third-order valence-electron chi connectivity index (χ3n) is 6.76.